The number of aldehydes is 1. The van der Waals surface area contributed by atoms with Gasteiger partial charge in [0.15, 0.2) is 0 Å². The molecule has 0 saturated heterocycles. The van der Waals surface area contributed by atoms with Gasteiger partial charge in [-0.25, -0.2) is 4.79 Å². The molecule has 0 fully saturated rings. The largest absolute Gasteiger partial charge is 0.481 e. The fourth-order valence-electron chi connectivity index (χ4n) is 2.78. The molecule has 0 amide bonds. The Morgan fingerprint density at radius 1 is 1.28 bits per heavy atom. The van der Waals surface area contributed by atoms with Gasteiger partial charge in [-0.2, -0.15) is 0 Å². The summed E-state index contributed by atoms with van der Waals surface area (Å²) in [5, 5.41) is 10.2. The zero-order valence-electron chi connectivity index (χ0n) is 13.2. The van der Waals surface area contributed by atoms with E-state index in [4.69, 9.17) is 16.0 Å². The zero-order chi connectivity index (χ0) is 18.1. The number of hydrogen-bond donors (Lipinski definition) is 1. The quantitative estimate of drug-likeness (QED) is 0.566. The Balaban J connectivity index is 2.46. The molecule has 0 saturated carbocycles. The second-order valence-electron chi connectivity index (χ2n) is 5.65. The average molecular weight is 357 g/mol. The predicted molar refractivity (Wildman–Crippen MR) is 94.4 cm³/mol. The summed E-state index contributed by atoms with van der Waals surface area (Å²) < 4.78 is 5.28. The van der Waals surface area contributed by atoms with Crippen molar-refractivity contribution in [2.45, 2.75) is 13.3 Å². The van der Waals surface area contributed by atoms with E-state index in [0.717, 1.165) is 5.56 Å². The molecule has 0 atom stereocenters. The molecule has 126 valence electrons. The van der Waals surface area contributed by atoms with E-state index in [0.29, 0.717) is 33.4 Å². The van der Waals surface area contributed by atoms with Crippen LogP contribution in [0.3, 0.4) is 0 Å². The number of carbonyl (C=O) groups is 2. The van der Waals surface area contributed by atoms with Crippen molar-refractivity contribution >= 4 is 34.8 Å². The standard InChI is InChI=1S/C19H13ClO5/c1-10-5-13-16(8-15(10)20)25-19(24)14(7-17(22)23)18(13)12-4-2-3-11(6-12)9-21/h2-6,8-9H,7H2,1H3,(H,22,23). The molecule has 0 spiro atoms. The van der Waals surface area contributed by atoms with Gasteiger partial charge < -0.3 is 9.52 Å². The lowest BCUT2D eigenvalue weighted by molar-refractivity contribution is -0.136. The summed E-state index contributed by atoms with van der Waals surface area (Å²) in [4.78, 5) is 34.7. The van der Waals surface area contributed by atoms with Crippen LogP contribution in [0.5, 0.6) is 0 Å². The Kier molecular flexibility index (Phi) is 4.42. The minimum atomic E-state index is -1.15. The molecule has 3 rings (SSSR count). The third-order valence-corrected chi connectivity index (χ3v) is 4.33. The van der Waals surface area contributed by atoms with Gasteiger partial charge in [0.05, 0.1) is 12.0 Å². The van der Waals surface area contributed by atoms with Crippen molar-refractivity contribution in [2.24, 2.45) is 0 Å². The highest BCUT2D eigenvalue weighted by atomic mass is 35.5. The highest BCUT2D eigenvalue weighted by Gasteiger charge is 2.19. The predicted octanol–water partition coefficient (Wildman–Crippen LogP) is 3.86. The first-order valence-corrected chi connectivity index (χ1v) is 7.81. The highest BCUT2D eigenvalue weighted by Crippen LogP contribution is 2.34. The van der Waals surface area contributed by atoms with Crippen LogP contribution in [0, 0.1) is 6.92 Å². The Labute approximate surface area is 147 Å². The van der Waals surface area contributed by atoms with Gasteiger partial charge in [-0.1, -0.05) is 29.8 Å². The molecule has 6 heteroatoms. The van der Waals surface area contributed by atoms with Gasteiger partial charge in [0, 0.05) is 27.6 Å². The van der Waals surface area contributed by atoms with Crippen molar-refractivity contribution in [2.75, 3.05) is 0 Å². The van der Waals surface area contributed by atoms with Crippen LogP contribution in [0.25, 0.3) is 22.1 Å². The summed E-state index contributed by atoms with van der Waals surface area (Å²) in [6, 6.07) is 9.91. The maximum Gasteiger partial charge on any atom is 0.340 e. The molecular weight excluding hydrogens is 344 g/mol. The second-order valence-corrected chi connectivity index (χ2v) is 6.06. The molecule has 1 heterocycles. The molecule has 0 bridgehead atoms. The highest BCUT2D eigenvalue weighted by molar-refractivity contribution is 6.32. The minimum absolute atomic E-state index is 0.0322. The van der Waals surface area contributed by atoms with Crippen molar-refractivity contribution in [3.8, 4) is 11.1 Å². The van der Waals surface area contributed by atoms with Gasteiger partial charge >= 0.3 is 11.6 Å². The Morgan fingerprint density at radius 3 is 2.72 bits per heavy atom. The number of aryl methyl sites for hydroxylation is 1. The molecule has 2 aromatic carbocycles. The van der Waals surface area contributed by atoms with Crippen molar-refractivity contribution in [3.05, 3.63) is 68.5 Å². The van der Waals surface area contributed by atoms with Crippen molar-refractivity contribution in [1.29, 1.82) is 0 Å². The number of halogens is 1. The number of carbonyl (C=O) groups excluding carboxylic acids is 1. The number of hydrogen-bond acceptors (Lipinski definition) is 4. The number of rotatable bonds is 4. The SMILES string of the molecule is Cc1cc2c(-c3cccc(C=O)c3)c(CC(=O)O)c(=O)oc2cc1Cl. The smallest absolute Gasteiger partial charge is 0.340 e. The number of fused-ring (bicyclic) bond motifs is 1. The van der Waals surface area contributed by atoms with Crippen LogP contribution in [0.15, 0.2) is 45.6 Å². The third-order valence-electron chi connectivity index (χ3n) is 3.92. The molecule has 5 nitrogen and oxygen atoms in total. The summed E-state index contributed by atoms with van der Waals surface area (Å²) in [6.45, 7) is 1.80. The third kappa shape index (κ3) is 3.19. The molecule has 1 aromatic heterocycles. The van der Waals surface area contributed by atoms with E-state index in [1.807, 2.05) is 0 Å². The Morgan fingerprint density at radius 2 is 2.04 bits per heavy atom. The van der Waals surface area contributed by atoms with Crippen molar-refractivity contribution in [3.63, 3.8) is 0 Å². The molecule has 0 aliphatic carbocycles. The van der Waals surface area contributed by atoms with Crippen LogP contribution >= 0.6 is 11.6 Å². The normalized spacial score (nSPS) is 10.8. The summed E-state index contributed by atoms with van der Waals surface area (Å²) in [7, 11) is 0. The molecular formula is C19H13ClO5. The van der Waals surface area contributed by atoms with Crippen LogP contribution < -0.4 is 5.63 Å². The van der Waals surface area contributed by atoms with E-state index in [-0.39, 0.29) is 11.1 Å². The van der Waals surface area contributed by atoms with Crippen LogP contribution in [-0.2, 0) is 11.2 Å². The summed E-state index contributed by atoms with van der Waals surface area (Å²) in [6.07, 6.45) is 0.205. The van der Waals surface area contributed by atoms with Crippen molar-refractivity contribution < 1.29 is 19.1 Å². The van der Waals surface area contributed by atoms with Crippen LogP contribution in [0.1, 0.15) is 21.5 Å². The maximum atomic E-state index is 12.4. The Hall–Kier alpha value is -2.92. The second kappa shape index (κ2) is 6.53. The molecule has 25 heavy (non-hydrogen) atoms. The molecule has 0 radical (unpaired) electrons. The first-order chi connectivity index (χ1) is 11.9. The topological polar surface area (TPSA) is 84.6 Å². The number of carboxylic acid groups (broad SMARTS) is 1. The van der Waals surface area contributed by atoms with Gasteiger partial charge in [0.2, 0.25) is 0 Å². The van der Waals surface area contributed by atoms with Crippen LogP contribution in [0.2, 0.25) is 5.02 Å². The zero-order valence-corrected chi connectivity index (χ0v) is 14.0. The van der Waals surface area contributed by atoms with E-state index < -0.39 is 18.0 Å². The van der Waals surface area contributed by atoms with Gasteiger partial charge in [-0.15, -0.1) is 0 Å². The summed E-state index contributed by atoms with van der Waals surface area (Å²) in [5.74, 6) is -1.15. The first-order valence-electron chi connectivity index (χ1n) is 7.44. The summed E-state index contributed by atoms with van der Waals surface area (Å²) in [5.41, 5.74) is 1.76. The van der Waals surface area contributed by atoms with E-state index in [9.17, 15) is 19.5 Å². The monoisotopic (exact) mass is 356 g/mol. The van der Waals surface area contributed by atoms with Gasteiger partial charge in [0.1, 0.15) is 11.9 Å². The lowest BCUT2D eigenvalue weighted by Crippen LogP contribution is -2.14. The van der Waals surface area contributed by atoms with Gasteiger partial charge in [0.25, 0.3) is 0 Å². The maximum absolute atomic E-state index is 12.4. The molecule has 3 aromatic rings. The average Bonchev–Trinajstić information content (AvgIpc) is 2.57. The number of carboxylic acids is 1. The van der Waals surface area contributed by atoms with E-state index >= 15 is 0 Å². The van der Waals surface area contributed by atoms with E-state index in [1.54, 1.807) is 37.3 Å². The fourth-order valence-corrected chi connectivity index (χ4v) is 2.93. The van der Waals surface area contributed by atoms with E-state index in [1.165, 1.54) is 6.07 Å². The lowest BCUT2D eigenvalue weighted by Gasteiger charge is -2.12. The molecule has 1 N–H and O–H groups in total. The number of aliphatic carboxylic acids is 1. The fraction of sp³-hybridized carbons (Fsp3) is 0.105. The Bertz CT molecular complexity index is 1070. The van der Waals surface area contributed by atoms with Gasteiger partial charge in [-0.05, 0) is 30.2 Å². The van der Waals surface area contributed by atoms with Gasteiger partial charge in [-0.3, -0.25) is 9.59 Å². The minimum Gasteiger partial charge on any atom is -0.481 e. The molecule has 0 aliphatic heterocycles. The van der Waals surface area contributed by atoms with Crippen LogP contribution in [-0.4, -0.2) is 17.4 Å². The first kappa shape index (κ1) is 16.9. The summed E-state index contributed by atoms with van der Waals surface area (Å²) >= 11 is 6.11. The van der Waals surface area contributed by atoms with E-state index in [2.05, 4.69) is 0 Å². The van der Waals surface area contributed by atoms with Crippen LogP contribution in [0.4, 0.5) is 0 Å². The molecule has 0 aliphatic rings. The van der Waals surface area contributed by atoms with Crippen molar-refractivity contribution in [1.82, 2.24) is 0 Å². The number of benzene rings is 2. The molecule has 0 unspecified atom stereocenters. The lowest BCUT2D eigenvalue weighted by atomic mass is 9.94.